The predicted octanol–water partition coefficient (Wildman–Crippen LogP) is 3.33. The molecule has 1 rings (SSSR count). The lowest BCUT2D eigenvalue weighted by Crippen LogP contribution is -2.41. The standard InChI is InChI=1S/C15H32N2/c1-3-4-5-6-7-8-11-17-14-15(2)9-12-16-13-10-15/h16-17H,3-14H2,1-2H3. The zero-order chi connectivity index (χ0) is 12.4. The lowest BCUT2D eigenvalue weighted by Gasteiger charge is -2.34. The van der Waals surface area contributed by atoms with Gasteiger partial charge in [0, 0.05) is 6.54 Å². The summed E-state index contributed by atoms with van der Waals surface area (Å²) in [6.45, 7) is 9.55. The summed E-state index contributed by atoms with van der Waals surface area (Å²) in [4.78, 5) is 0. The van der Waals surface area contributed by atoms with E-state index < -0.39 is 0 Å². The van der Waals surface area contributed by atoms with Gasteiger partial charge in [-0.2, -0.15) is 0 Å². The fraction of sp³-hybridized carbons (Fsp3) is 1.00. The van der Waals surface area contributed by atoms with Crippen molar-refractivity contribution in [3.63, 3.8) is 0 Å². The maximum absolute atomic E-state index is 3.66. The van der Waals surface area contributed by atoms with Crippen LogP contribution < -0.4 is 10.6 Å². The summed E-state index contributed by atoms with van der Waals surface area (Å²) in [5.74, 6) is 0. The van der Waals surface area contributed by atoms with Crippen molar-refractivity contribution in [3.05, 3.63) is 0 Å². The minimum atomic E-state index is 0.549. The molecule has 0 radical (unpaired) electrons. The van der Waals surface area contributed by atoms with E-state index in [1.807, 2.05) is 0 Å². The van der Waals surface area contributed by atoms with Crippen molar-refractivity contribution in [2.24, 2.45) is 5.41 Å². The molecule has 0 atom stereocenters. The molecule has 0 amide bonds. The minimum absolute atomic E-state index is 0.549. The highest BCUT2D eigenvalue weighted by molar-refractivity contribution is 4.82. The summed E-state index contributed by atoms with van der Waals surface area (Å²) in [6.07, 6.45) is 11.1. The van der Waals surface area contributed by atoms with Crippen LogP contribution in [0.5, 0.6) is 0 Å². The van der Waals surface area contributed by atoms with E-state index in [9.17, 15) is 0 Å². The van der Waals surface area contributed by atoms with Gasteiger partial charge in [-0.25, -0.2) is 0 Å². The van der Waals surface area contributed by atoms with Gasteiger partial charge in [0.25, 0.3) is 0 Å². The number of hydrogen-bond acceptors (Lipinski definition) is 2. The van der Waals surface area contributed by atoms with Crippen LogP contribution in [0, 0.1) is 5.41 Å². The molecule has 2 N–H and O–H groups in total. The maximum atomic E-state index is 3.66. The van der Waals surface area contributed by atoms with E-state index in [-0.39, 0.29) is 0 Å². The Bertz CT molecular complexity index is 174. The third-order valence-electron chi connectivity index (χ3n) is 4.07. The van der Waals surface area contributed by atoms with E-state index in [2.05, 4.69) is 24.5 Å². The second-order valence-electron chi connectivity index (χ2n) is 6.01. The maximum Gasteiger partial charge on any atom is 0.000611 e. The van der Waals surface area contributed by atoms with E-state index >= 15 is 0 Å². The van der Waals surface area contributed by atoms with Crippen molar-refractivity contribution >= 4 is 0 Å². The molecular weight excluding hydrogens is 208 g/mol. The highest BCUT2D eigenvalue weighted by atomic mass is 14.9. The quantitative estimate of drug-likeness (QED) is 0.604. The van der Waals surface area contributed by atoms with E-state index in [0.29, 0.717) is 5.41 Å². The SMILES string of the molecule is CCCCCCCCNCC1(C)CCNCC1. The monoisotopic (exact) mass is 240 g/mol. The van der Waals surface area contributed by atoms with Crippen LogP contribution in [0.3, 0.4) is 0 Å². The van der Waals surface area contributed by atoms with Crippen molar-refractivity contribution in [2.75, 3.05) is 26.2 Å². The summed E-state index contributed by atoms with van der Waals surface area (Å²) in [6, 6.07) is 0. The van der Waals surface area contributed by atoms with Crippen LogP contribution in [0.1, 0.15) is 65.2 Å². The fourth-order valence-electron chi connectivity index (χ4n) is 2.63. The largest absolute Gasteiger partial charge is 0.317 e. The zero-order valence-electron chi connectivity index (χ0n) is 12.0. The molecule has 0 bridgehead atoms. The first kappa shape index (κ1) is 15.0. The lowest BCUT2D eigenvalue weighted by molar-refractivity contribution is 0.220. The molecule has 1 aliphatic rings. The fourth-order valence-corrected chi connectivity index (χ4v) is 2.63. The number of unbranched alkanes of at least 4 members (excludes halogenated alkanes) is 5. The molecule has 17 heavy (non-hydrogen) atoms. The van der Waals surface area contributed by atoms with Gasteiger partial charge in [-0.05, 0) is 44.3 Å². The van der Waals surface area contributed by atoms with Gasteiger partial charge in [-0.1, -0.05) is 46.0 Å². The van der Waals surface area contributed by atoms with Crippen LogP contribution in [0.25, 0.3) is 0 Å². The van der Waals surface area contributed by atoms with Crippen LogP contribution in [-0.2, 0) is 0 Å². The highest BCUT2D eigenvalue weighted by Crippen LogP contribution is 2.26. The molecular formula is C15H32N2. The van der Waals surface area contributed by atoms with E-state index in [1.54, 1.807) is 0 Å². The van der Waals surface area contributed by atoms with Crippen LogP contribution in [-0.4, -0.2) is 26.2 Å². The zero-order valence-corrected chi connectivity index (χ0v) is 12.0. The number of nitrogens with one attached hydrogen (secondary N) is 2. The Morgan fingerprint density at radius 3 is 2.35 bits per heavy atom. The van der Waals surface area contributed by atoms with E-state index in [4.69, 9.17) is 0 Å². The van der Waals surface area contributed by atoms with Crippen LogP contribution >= 0.6 is 0 Å². The van der Waals surface area contributed by atoms with Crippen LogP contribution in [0.2, 0.25) is 0 Å². The molecule has 1 fully saturated rings. The second kappa shape index (κ2) is 8.93. The Morgan fingerprint density at radius 2 is 1.65 bits per heavy atom. The summed E-state index contributed by atoms with van der Waals surface area (Å²) in [7, 11) is 0. The normalized spacial score (nSPS) is 19.4. The first-order chi connectivity index (χ1) is 8.27. The number of hydrogen-bond donors (Lipinski definition) is 2. The van der Waals surface area contributed by atoms with Gasteiger partial charge in [0.1, 0.15) is 0 Å². The molecule has 2 heteroatoms. The van der Waals surface area contributed by atoms with Gasteiger partial charge >= 0.3 is 0 Å². The second-order valence-corrected chi connectivity index (χ2v) is 6.01. The molecule has 102 valence electrons. The Kier molecular flexibility index (Phi) is 7.87. The van der Waals surface area contributed by atoms with E-state index in [1.165, 1.54) is 77.5 Å². The topological polar surface area (TPSA) is 24.1 Å². The van der Waals surface area contributed by atoms with Crippen molar-refractivity contribution in [2.45, 2.75) is 65.2 Å². The average Bonchev–Trinajstić information content (AvgIpc) is 2.33. The molecule has 0 spiro atoms. The molecule has 0 aromatic heterocycles. The van der Waals surface area contributed by atoms with Gasteiger partial charge in [0.05, 0.1) is 0 Å². The molecule has 0 aromatic rings. The summed E-state index contributed by atoms with van der Waals surface area (Å²) in [5.41, 5.74) is 0.549. The van der Waals surface area contributed by atoms with Crippen LogP contribution in [0.15, 0.2) is 0 Å². The minimum Gasteiger partial charge on any atom is -0.317 e. The van der Waals surface area contributed by atoms with Crippen molar-refractivity contribution in [3.8, 4) is 0 Å². The summed E-state index contributed by atoms with van der Waals surface area (Å²) >= 11 is 0. The Balaban J connectivity index is 1.89. The van der Waals surface area contributed by atoms with Crippen LogP contribution in [0.4, 0.5) is 0 Å². The van der Waals surface area contributed by atoms with Crippen molar-refractivity contribution in [1.29, 1.82) is 0 Å². The smallest absolute Gasteiger partial charge is 0.000611 e. The van der Waals surface area contributed by atoms with E-state index in [0.717, 1.165) is 0 Å². The Labute approximate surface area is 108 Å². The third-order valence-corrected chi connectivity index (χ3v) is 4.07. The van der Waals surface area contributed by atoms with Gasteiger partial charge in [-0.15, -0.1) is 0 Å². The predicted molar refractivity (Wildman–Crippen MR) is 76.5 cm³/mol. The van der Waals surface area contributed by atoms with Crippen molar-refractivity contribution in [1.82, 2.24) is 10.6 Å². The van der Waals surface area contributed by atoms with Gasteiger partial charge < -0.3 is 10.6 Å². The first-order valence-corrected chi connectivity index (χ1v) is 7.68. The molecule has 1 heterocycles. The highest BCUT2D eigenvalue weighted by Gasteiger charge is 2.25. The van der Waals surface area contributed by atoms with Gasteiger partial charge in [0.15, 0.2) is 0 Å². The van der Waals surface area contributed by atoms with Gasteiger partial charge in [0.2, 0.25) is 0 Å². The third kappa shape index (κ3) is 7.05. The summed E-state index contributed by atoms with van der Waals surface area (Å²) < 4.78 is 0. The van der Waals surface area contributed by atoms with Crippen molar-refractivity contribution < 1.29 is 0 Å². The Hall–Kier alpha value is -0.0800. The number of piperidine rings is 1. The molecule has 0 unspecified atom stereocenters. The van der Waals surface area contributed by atoms with Gasteiger partial charge in [-0.3, -0.25) is 0 Å². The molecule has 0 aromatic carbocycles. The average molecular weight is 240 g/mol. The first-order valence-electron chi connectivity index (χ1n) is 7.68. The molecule has 1 aliphatic heterocycles. The lowest BCUT2D eigenvalue weighted by atomic mass is 9.81. The Morgan fingerprint density at radius 1 is 1.00 bits per heavy atom. The summed E-state index contributed by atoms with van der Waals surface area (Å²) in [5, 5.41) is 7.10. The number of rotatable bonds is 9. The molecule has 0 saturated carbocycles. The molecule has 0 aliphatic carbocycles. The molecule has 1 saturated heterocycles. The molecule has 2 nitrogen and oxygen atoms in total.